The molecule has 2 heterocycles. The topological polar surface area (TPSA) is 40.2 Å². The Morgan fingerprint density at radius 3 is 1.59 bits per heavy atom. The summed E-state index contributed by atoms with van der Waals surface area (Å²) in [6.07, 6.45) is 1.73. The molecule has 2 fully saturated rings. The fraction of sp³-hybridized carbons (Fsp3) is 0.714. The van der Waals surface area contributed by atoms with Crippen molar-refractivity contribution >= 4 is 26.1 Å². The Hall–Kier alpha value is -0.560. The highest BCUT2D eigenvalue weighted by atomic mass is 35.5. The second-order valence-corrected chi connectivity index (χ2v) is 10.5. The maximum Gasteiger partial charge on any atom is 0.551 e. The van der Waals surface area contributed by atoms with Gasteiger partial charge in [-0.15, -0.1) is 0 Å². The summed E-state index contributed by atoms with van der Waals surface area (Å²) in [5, 5.41) is 0.797. The van der Waals surface area contributed by atoms with Crippen molar-refractivity contribution in [2.45, 2.75) is 90.6 Å². The van der Waals surface area contributed by atoms with Gasteiger partial charge < -0.3 is 18.6 Å². The van der Waals surface area contributed by atoms with Crippen molar-refractivity contribution in [1.82, 2.24) is 4.72 Å². The van der Waals surface area contributed by atoms with E-state index in [-0.39, 0.29) is 0 Å². The Morgan fingerprint density at radius 1 is 0.759 bits per heavy atom. The maximum absolute atomic E-state index is 6.33. The number of aryl methyl sites for hydroxylation is 1. The zero-order chi connectivity index (χ0) is 21.7. The van der Waals surface area contributed by atoms with Crippen LogP contribution in [-0.4, -0.2) is 48.2 Å². The van der Waals surface area contributed by atoms with Crippen molar-refractivity contribution < 1.29 is 18.6 Å². The number of benzene rings is 1. The molecule has 0 unspecified atom stereocenters. The number of halogens is 1. The third-order valence-electron chi connectivity index (χ3n) is 6.84. The molecular weight excluding hydrogens is 387 g/mol. The summed E-state index contributed by atoms with van der Waals surface area (Å²) in [5.74, 6) is 0. The molecule has 0 saturated carbocycles. The van der Waals surface area contributed by atoms with Crippen molar-refractivity contribution in [3.8, 4) is 0 Å². The summed E-state index contributed by atoms with van der Waals surface area (Å²) in [6.45, 7) is 17.1. The van der Waals surface area contributed by atoms with E-state index in [9.17, 15) is 0 Å². The minimum Gasteiger partial charge on any atom is -0.390 e. The van der Waals surface area contributed by atoms with Gasteiger partial charge in [-0.2, -0.15) is 0 Å². The highest BCUT2D eigenvalue weighted by Crippen LogP contribution is 2.41. The van der Waals surface area contributed by atoms with Gasteiger partial charge in [-0.05, 0) is 86.4 Å². The third-order valence-corrected chi connectivity index (χ3v) is 7.21. The van der Waals surface area contributed by atoms with Gasteiger partial charge >= 0.3 is 14.5 Å². The highest BCUT2D eigenvalue weighted by molar-refractivity contribution is 6.60. The van der Waals surface area contributed by atoms with Crippen LogP contribution in [0.4, 0.5) is 0 Å². The van der Waals surface area contributed by atoms with E-state index >= 15 is 0 Å². The quantitative estimate of drug-likeness (QED) is 0.620. The minimum atomic E-state index is -0.541. The maximum atomic E-state index is 6.33. The van der Waals surface area contributed by atoms with Crippen LogP contribution in [0.5, 0.6) is 0 Å². The van der Waals surface area contributed by atoms with Crippen molar-refractivity contribution in [3.05, 3.63) is 34.9 Å². The van der Waals surface area contributed by atoms with Gasteiger partial charge in [0.1, 0.15) is 0 Å². The summed E-state index contributed by atoms with van der Waals surface area (Å²) < 4.78 is 27.3. The van der Waals surface area contributed by atoms with E-state index in [2.05, 4.69) is 61.5 Å². The average Bonchev–Trinajstić information content (AvgIpc) is 2.92. The molecule has 2 aliphatic heterocycles. The first-order valence-electron chi connectivity index (χ1n) is 10.5. The lowest BCUT2D eigenvalue weighted by Crippen LogP contribution is -2.53. The second-order valence-electron chi connectivity index (χ2n) is 10.1. The monoisotopic (exact) mass is 421 g/mol. The zero-order valence-corrected chi connectivity index (χ0v) is 19.8. The van der Waals surface area contributed by atoms with Gasteiger partial charge in [0.15, 0.2) is 0 Å². The van der Waals surface area contributed by atoms with Crippen LogP contribution in [-0.2, 0) is 25.0 Å². The molecule has 160 valence electrons. The van der Waals surface area contributed by atoms with Crippen LogP contribution < -0.4 is 0 Å². The van der Waals surface area contributed by atoms with Crippen LogP contribution in [0, 0.1) is 0 Å². The lowest BCUT2D eigenvalue weighted by Gasteiger charge is -2.32. The Labute approximate surface area is 181 Å². The molecule has 0 amide bonds. The predicted molar refractivity (Wildman–Crippen MR) is 119 cm³/mol. The molecular formula is C21H34B2ClNO4. The van der Waals surface area contributed by atoms with Crippen molar-refractivity contribution in [3.63, 3.8) is 0 Å². The van der Waals surface area contributed by atoms with Gasteiger partial charge in [0, 0.05) is 5.02 Å². The Balaban J connectivity index is 1.77. The van der Waals surface area contributed by atoms with Crippen molar-refractivity contribution in [1.29, 1.82) is 0 Å². The average molecular weight is 422 g/mol. The van der Waals surface area contributed by atoms with E-state index in [1.807, 2.05) is 22.9 Å². The molecule has 1 aromatic rings. The standard InChI is InChI=1S/C21H34B2ClNO4/c1-18(2)19(3,4)27-22(26-18)25(23-28-20(5,6)21(7,8)29-23)15-11-13-16-12-9-10-14-17(16)24/h9-10,12,14H,11,13,15H2,1-8H3. The van der Waals surface area contributed by atoms with Crippen molar-refractivity contribution in [2.75, 3.05) is 6.54 Å². The summed E-state index contributed by atoms with van der Waals surface area (Å²) in [7, 11) is -1.08. The summed E-state index contributed by atoms with van der Waals surface area (Å²) >= 11 is 6.33. The first kappa shape index (κ1) is 23.1. The Bertz CT molecular complexity index is 673. The second kappa shape index (κ2) is 7.85. The molecule has 8 heteroatoms. The Kier molecular flexibility index (Phi) is 6.25. The lowest BCUT2D eigenvalue weighted by atomic mass is 9.88. The van der Waals surface area contributed by atoms with Gasteiger partial charge in [-0.1, -0.05) is 29.8 Å². The molecule has 0 aromatic heterocycles. The van der Waals surface area contributed by atoms with Crippen LogP contribution >= 0.6 is 11.6 Å². The molecule has 0 spiro atoms. The number of nitrogens with zero attached hydrogens (tertiary/aromatic N) is 1. The number of hydrogen-bond acceptors (Lipinski definition) is 5. The van der Waals surface area contributed by atoms with E-state index in [0.717, 1.165) is 23.4 Å². The molecule has 0 radical (unpaired) electrons. The molecule has 2 saturated heterocycles. The molecule has 0 atom stereocenters. The summed E-state index contributed by atoms with van der Waals surface area (Å²) in [4.78, 5) is 0. The van der Waals surface area contributed by atoms with Crippen LogP contribution in [0.25, 0.3) is 0 Å². The SMILES string of the molecule is CC1(C)OB(N(CCCc2ccccc2Cl)B2OC(C)(C)C(C)(C)O2)OC1(C)C. The van der Waals surface area contributed by atoms with E-state index in [0.29, 0.717) is 6.54 Å². The molecule has 0 N–H and O–H groups in total. The largest absolute Gasteiger partial charge is 0.551 e. The normalized spacial score (nSPS) is 24.5. The number of hydrogen-bond donors (Lipinski definition) is 0. The van der Waals surface area contributed by atoms with E-state index in [1.54, 1.807) is 0 Å². The highest BCUT2D eigenvalue weighted by Gasteiger charge is 2.61. The van der Waals surface area contributed by atoms with E-state index < -0.39 is 36.9 Å². The van der Waals surface area contributed by atoms with Gasteiger partial charge in [0.25, 0.3) is 0 Å². The smallest absolute Gasteiger partial charge is 0.390 e. The number of rotatable bonds is 6. The predicted octanol–water partition coefficient (Wildman–Crippen LogP) is 4.75. The van der Waals surface area contributed by atoms with Gasteiger partial charge in [-0.3, -0.25) is 4.72 Å². The molecule has 1 aromatic carbocycles. The molecule has 3 rings (SSSR count). The molecule has 2 aliphatic rings. The van der Waals surface area contributed by atoms with Crippen LogP contribution in [0.1, 0.15) is 67.4 Å². The van der Waals surface area contributed by atoms with Gasteiger partial charge in [0.2, 0.25) is 0 Å². The fourth-order valence-electron chi connectivity index (χ4n) is 3.36. The summed E-state index contributed by atoms with van der Waals surface area (Å²) in [6, 6.07) is 7.96. The van der Waals surface area contributed by atoms with E-state index in [4.69, 9.17) is 30.2 Å². The first-order chi connectivity index (χ1) is 13.3. The van der Waals surface area contributed by atoms with E-state index in [1.165, 1.54) is 0 Å². The van der Waals surface area contributed by atoms with Crippen LogP contribution in [0.3, 0.4) is 0 Å². The molecule has 5 nitrogen and oxygen atoms in total. The zero-order valence-electron chi connectivity index (χ0n) is 19.0. The van der Waals surface area contributed by atoms with Crippen LogP contribution in [0.2, 0.25) is 5.02 Å². The van der Waals surface area contributed by atoms with Gasteiger partial charge in [-0.25, -0.2) is 0 Å². The molecule has 29 heavy (non-hydrogen) atoms. The Morgan fingerprint density at radius 2 is 1.17 bits per heavy atom. The lowest BCUT2D eigenvalue weighted by molar-refractivity contribution is 0.00578. The minimum absolute atomic E-state index is 0.428. The first-order valence-corrected chi connectivity index (χ1v) is 10.8. The third kappa shape index (κ3) is 4.55. The van der Waals surface area contributed by atoms with Crippen LogP contribution in [0.15, 0.2) is 24.3 Å². The molecule has 0 aliphatic carbocycles. The fourth-order valence-corrected chi connectivity index (χ4v) is 3.59. The molecule has 0 bridgehead atoms. The summed E-state index contributed by atoms with van der Waals surface area (Å²) in [5.41, 5.74) is -0.577. The van der Waals surface area contributed by atoms with Crippen molar-refractivity contribution in [2.24, 2.45) is 0 Å². The van der Waals surface area contributed by atoms with Gasteiger partial charge in [0.05, 0.1) is 22.4 Å².